The molecule has 4 heterocycles. The maximum atomic E-state index is 12.5. The minimum Gasteiger partial charge on any atom is -0.457 e. The SMILES string of the molecule is CC(=O)O[C@@H]1[C@@H](O[C@@H]2O[C@@H](C)[C@H](OC(C)=O)[C@@H](O[C@@H]3O[C@@H](C)[C@H](O)[C@@H](O)[C@H]3OC(C)=O)[C@H]2O)[C@@H](OC(C)=O)[C@H](O[C@@H]2[C@@H](O)[C@H](C)O[C@@H](O)[C@@H]2O)O[C@H]1C. The highest BCUT2D eigenvalue weighted by Gasteiger charge is 2.57. The predicted octanol–water partition coefficient (Wildman–Crippen LogP) is -3.36. The van der Waals surface area contributed by atoms with Crippen LogP contribution in [0.2, 0.25) is 0 Å². The van der Waals surface area contributed by atoms with Crippen molar-refractivity contribution in [3.8, 4) is 0 Å². The molecular formula is C32H50O21. The number of aliphatic hydroxyl groups is 6. The molecule has 6 N–H and O–H groups in total. The molecule has 304 valence electrons. The highest BCUT2D eigenvalue weighted by atomic mass is 16.8. The molecule has 0 aromatic rings. The van der Waals surface area contributed by atoms with Gasteiger partial charge in [0.2, 0.25) is 0 Å². The number of hydrogen-bond acceptors (Lipinski definition) is 21. The van der Waals surface area contributed by atoms with E-state index in [1.54, 1.807) is 0 Å². The van der Waals surface area contributed by atoms with Crippen LogP contribution in [0.4, 0.5) is 0 Å². The molecule has 0 radical (unpaired) electrons. The fourth-order valence-electron chi connectivity index (χ4n) is 6.59. The molecule has 4 saturated heterocycles. The lowest BCUT2D eigenvalue weighted by Gasteiger charge is -2.50. The quantitative estimate of drug-likeness (QED) is 0.0934. The van der Waals surface area contributed by atoms with E-state index in [1.165, 1.54) is 27.7 Å². The summed E-state index contributed by atoms with van der Waals surface area (Å²) in [6.07, 6.45) is -30.5. The van der Waals surface area contributed by atoms with Crippen LogP contribution >= 0.6 is 0 Å². The van der Waals surface area contributed by atoms with E-state index in [1.807, 2.05) is 0 Å². The van der Waals surface area contributed by atoms with Gasteiger partial charge in [0, 0.05) is 27.7 Å². The number of rotatable bonds is 10. The Morgan fingerprint density at radius 3 is 1.32 bits per heavy atom. The van der Waals surface area contributed by atoms with Crippen LogP contribution in [0.25, 0.3) is 0 Å². The molecule has 4 fully saturated rings. The average Bonchev–Trinajstić information content (AvgIpc) is 3.05. The number of hydrogen-bond donors (Lipinski definition) is 6. The molecule has 4 aliphatic heterocycles. The third-order valence-corrected chi connectivity index (χ3v) is 9.14. The summed E-state index contributed by atoms with van der Waals surface area (Å²) in [7, 11) is 0. The summed E-state index contributed by atoms with van der Waals surface area (Å²) in [4.78, 5) is 48.8. The lowest BCUT2D eigenvalue weighted by molar-refractivity contribution is -0.384. The second kappa shape index (κ2) is 17.9. The minimum atomic E-state index is -1.93. The molecule has 0 bridgehead atoms. The van der Waals surface area contributed by atoms with Gasteiger partial charge in [-0.25, -0.2) is 0 Å². The summed E-state index contributed by atoms with van der Waals surface area (Å²) in [5.41, 5.74) is 0. The minimum absolute atomic E-state index is 0.810. The average molecular weight is 771 g/mol. The first-order valence-corrected chi connectivity index (χ1v) is 17.1. The highest BCUT2D eigenvalue weighted by molar-refractivity contribution is 5.67. The Hall–Kier alpha value is -2.64. The zero-order valence-electron chi connectivity index (χ0n) is 30.4. The zero-order valence-corrected chi connectivity index (χ0v) is 30.4. The molecular weight excluding hydrogens is 720 g/mol. The zero-order chi connectivity index (χ0) is 39.6. The van der Waals surface area contributed by atoms with Gasteiger partial charge in [0.05, 0.1) is 24.4 Å². The summed E-state index contributed by atoms with van der Waals surface area (Å²) < 4.78 is 62.5. The van der Waals surface area contributed by atoms with E-state index < -0.39 is 147 Å². The van der Waals surface area contributed by atoms with E-state index in [9.17, 15) is 49.8 Å². The van der Waals surface area contributed by atoms with Crippen molar-refractivity contribution in [2.45, 2.75) is 178 Å². The molecule has 0 aromatic carbocycles. The topological polar surface area (TPSA) is 291 Å². The van der Waals surface area contributed by atoms with E-state index in [0.29, 0.717) is 0 Å². The fraction of sp³-hybridized carbons (Fsp3) is 0.875. The molecule has 21 nitrogen and oxygen atoms in total. The largest absolute Gasteiger partial charge is 0.457 e. The summed E-state index contributed by atoms with van der Waals surface area (Å²) in [5, 5.41) is 64.5. The number of carbonyl (C=O) groups excluding carboxylic acids is 4. The van der Waals surface area contributed by atoms with Crippen molar-refractivity contribution < 1.29 is 102 Å². The van der Waals surface area contributed by atoms with Crippen LogP contribution in [0.1, 0.15) is 55.4 Å². The Bertz CT molecular complexity index is 1270. The summed E-state index contributed by atoms with van der Waals surface area (Å²) in [6, 6.07) is 0. The molecule has 4 aliphatic rings. The van der Waals surface area contributed by atoms with Crippen molar-refractivity contribution in [2.24, 2.45) is 0 Å². The highest BCUT2D eigenvalue weighted by Crippen LogP contribution is 2.37. The van der Waals surface area contributed by atoms with Crippen molar-refractivity contribution in [1.29, 1.82) is 0 Å². The summed E-state index contributed by atoms with van der Waals surface area (Å²) in [5.74, 6) is -3.40. The first-order valence-electron chi connectivity index (χ1n) is 17.1. The predicted molar refractivity (Wildman–Crippen MR) is 166 cm³/mol. The molecule has 0 aliphatic carbocycles. The van der Waals surface area contributed by atoms with Crippen LogP contribution in [0.5, 0.6) is 0 Å². The number of aliphatic hydroxyl groups excluding tert-OH is 6. The summed E-state index contributed by atoms with van der Waals surface area (Å²) >= 11 is 0. The number of ether oxygens (including phenoxy) is 11. The van der Waals surface area contributed by atoms with Gasteiger partial charge in [-0.15, -0.1) is 0 Å². The van der Waals surface area contributed by atoms with Gasteiger partial charge in [-0.3, -0.25) is 19.2 Å². The van der Waals surface area contributed by atoms with Gasteiger partial charge in [0.15, 0.2) is 49.6 Å². The van der Waals surface area contributed by atoms with Gasteiger partial charge in [0.1, 0.15) is 48.8 Å². The van der Waals surface area contributed by atoms with E-state index in [4.69, 9.17) is 52.1 Å². The van der Waals surface area contributed by atoms with E-state index in [2.05, 4.69) is 0 Å². The van der Waals surface area contributed by atoms with Crippen molar-refractivity contribution in [2.75, 3.05) is 0 Å². The Labute approximate surface area is 304 Å². The van der Waals surface area contributed by atoms with Gasteiger partial charge in [-0.1, -0.05) is 0 Å². The standard InChI is InChI=1S/C32H50O21/c1-9-17(37)19(39)26(49-15(7)35)31(44-9)52-25-21(41)30(45-11(3)22(25)47-13(5)33)53-27-23(48-14(6)34)12(4)46-32(28(27)50-16(8)36)51-24-18(38)10(2)43-29(42)20(24)40/h9-12,17-32,37-42H,1-8H3/t9-,10-,11-,12-,17-,18-,19+,20+,21+,22-,23-,24+,25-,26+,27+,28+,29+,30-,31-,32-/m0/s1. The van der Waals surface area contributed by atoms with Crippen molar-refractivity contribution in [3.63, 3.8) is 0 Å². The third kappa shape index (κ3) is 9.97. The Morgan fingerprint density at radius 2 is 0.774 bits per heavy atom. The van der Waals surface area contributed by atoms with Crippen LogP contribution in [0.3, 0.4) is 0 Å². The molecule has 4 rings (SSSR count). The smallest absolute Gasteiger partial charge is 0.303 e. The van der Waals surface area contributed by atoms with Crippen LogP contribution in [0.15, 0.2) is 0 Å². The normalized spacial score (nSPS) is 46.2. The first kappa shape index (κ1) is 43.1. The monoisotopic (exact) mass is 770 g/mol. The van der Waals surface area contributed by atoms with Crippen molar-refractivity contribution >= 4 is 23.9 Å². The van der Waals surface area contributed by atoms with E-state index in [-0.39, 0.29) is 0 Å². The molecule has 0 aromatic heterocycles. The van der Waals surface area contributed by atoms with Crippen LogP contribution in [0, 0.1) is 0 Å². The van der Waals surface area contributed by atoms with Crippen LogP contribution < -0.4 is 0 Å². The third-order valence-electron chi connectivity index (χ3n) is 9.14. The van der Waals surface area contributed by atoms with Crippen LogP contribution in [-0.2, 0) is 71.3 Å². The molecule has 53 heavy (non-hydrogen) atoms. The second-order valence-corrected chi connectivity index (χ2v) is 13.4. The Morgan fingerprint density at radius 1 is 0.377 bits per heavy atom. The lowest BCUT2D eigenvalue weighted by Crippen LogP contribution is -2.67. The maximum Gasteiger partial charge on any atom is 0.303 e. The Balaban J connectivity index is 1.70. The van der Waals surface area contributed by atoms with E-state index >= 15 is 0 Å². The second-order valence-electron chi connectivity index (χ2n) is 13.4. The van der Waals surface area contributed by atoms with Gasteiger partial charge in [-0.2, -0.15) is 0 Å². The summed E-state index contributed by atoms with van der Waals surface area (Å²) in [6.45, 7) is 9.94. The number of carbonyl (C=O) groups is 4. The first-order chi connectivity index (χ1) is 24.7. The van der Waals surface area contributed by atoms with Crippen LogP contribution in [-0.4, -0.2) is 177 Å². The molecule has 0 spiro atoms. The van der Waals surface area contributed by atoms with Gasteiger partial charge in [-0.05, 0) is 27.7 Å². The Kier molecular flexibility index (Phi) is 14.5. The van der Waals surface area contributed by atoms with Gasteiger partial charge < -0.3 is 82.7 Å². The maximum absolute atomic E-state index is 12.5. The van der Waals surface area contributed by atoms with Gasteiger partial charge >= 0.3 is 23.9 Å². The number of esters is 4. The fourth-order valence-corrected chi connectivity index (χ4v) is 6.59. The molecule has 0 unspecified atom stereocenters. The molecule has 0 saturated carbocycles. The lowest BCUT2D eigenvalue weighted by atomic mass is 9.95. The molecule has 0 amide bonds. The molecule has 21 heteroatoms. The van der Waals surface area contributed by atoms with Crippen molar-refractivity contribution in [1.82, 2.24) is 0 Å². The van der Waals surface area contributed by atoms with Crippen molar-refractivity contribution in [3.05, 3.63) is 0 Å². The molecule has 20 atom stereocenters. The van der Waals surface area contributed by atoms with Gasteiger partial charge in [0.25, 0.3) is 0 Å². The van der Waals surface area contributed by atoms with E-state index in [0.717, 1.165) is 27.7 Å².